The standard InChI is InChI=1S/C34H31N5O2/c1-41-31-19-17-26(18-20-31)24-39-33(35-36-37-39)23-27-25-38(22-21-32(27)40)34(28-11-5-2-6-12-28,29-13-7-3-8-14-29)30-15-9-4-10-16-30/h2-20,23H,21-22,24-25H2,1H3/b27-23+. The van der Waals surface area contributed by atoms with E-state index in [0.717, 1.165) is 28.0 Å². The van der Waals surface area contributed by atoms with Crippen LogP contribution in [0.5, 0.6) is 5.75 Å². The number of ketones is 1. The largest absolute Gasteiger partial charge is 0.497 e. The Morgan fingerprint density at radius 3 is 1.90 bits per heavy atom. The molecule has 0 atom stereocenters. The van der Waals surface area contributed by atoms with Gasteiger partial charge in [-0.15, -0.1) is 5.10 Å². The van der Waals surface area contributed by atoms with E-state index in [9.17, 15) is 4.79 Å². The fourth-order valence-corrected chi connectivity index (χ4v) is 5.76. The Morgan fingerprint density at radius 1 is 0.805 bits per heavy atom. The van der Waals surface area contributed by atoms with Crippen LogP contribution in [0.4, 0.5) is 0 Å². The van der Waals surface area contributed by atoms with Gasteiger partial charge in [-0.3, -0.25) is 9.69 Å². The second-order valence-electron chi connectivity index (χ2n) is 10.1. The van der Waals surface area contributed by atoms with E-state index in [1.165, 1.54) is 0 Å². The number of hydrogen-bond donors (Lipinski definition) is 0. The highest BCUT2D eigenvalue weighted by Gasteiger charge is 2.44. The molecule has 0 amide bonds. The molecule has 0 spiro atoms. The molecule has 4 aromatic carbocycles. The van der Waals surface area contributed by atoms with Crippen LogP contribution in [0, 0.1) is 0 Å². The van der Waals surface area contributed by atoms with Gasteiger partial charge >= 0.3 is 0 Å². The Hall–Kier alpha value is -4.88. The topological polar surface area (TPSA) is 73.1 Å². The summed E-state index contributed by atoms with van der Waals surface area (Å²) < 4.78 is 7.00. The molecule has 1 aliphatic heterocycles. The first-order valence-electron chi connectivity index (χ1n) is 13.7. The Bertz CT molecular complexity index is 1530. The number of hydrogen-bond acceptors (Lipinski definition) is 6. The first-order chi connectivity index (χ1) is 20.2. The van der Waals surface area contributed by atoms with Crippen molar-refractivity contribution in [1.29, 1.82) is 0 Å². The molecule has 204 valence electrons. The van der Waals surface area contributed by atoms with Gasteiger partial charge in [0.25, 0.3) is 0 Å². The van der Waals surface area contributed by atoms with Gasteiger partial charge in [0, 0.05) is 25.1 Å². The van der Waals surface area contributed by atoms with Gasteiger partial charge in [0.2, 0.25) is 0 Å². The minimum Gasteiger partial charge on any atom is -0.497 e. The van der Waals surface area contributed by atoms with Gasteiger partial charge in [-0.1, -0.05) is 103 Å². The second-order valence-corrected chi connectivity index (χ2v) is 10.1. The summed E-state index contributed by atoms with van der Waals surface area (Å²) in [6.07, 6.45) is 2.25. The molecule has 1 aromatic heterocycles. The number of nitrogens with zero attached hydrogens (tertiary/aromatic N) is 5. The molecule has 6 rings (SSSR count). The number of Topliss-reactive ketones (excluding diaryl/α,β-unsaturated/α-hetero) is 1. The van der Waals surface area contributed by atoms with Gasteiger partial charge in [-0.05, 0) is 50.9 Å². The maximum atomic E-state index is 13.4. The maximum absolute atomic E-state index is 13.4. The number of tetrazole rings is 1. The molecule has 1 fully saturated rings. The zero-order valence-corrected chi connectivity index (χ0v) is 22.9. The number of likely N-dealkylation sites (tertiary alicyclic amines) is 1. The summed E-state index contributed by atoms with van der Waals surface area (Å²) in [5.74, 6) is 1.46. The summed E-state index contributed by atoms with van der Waals surface area (Å²) in [6, 6.07) is 39.4. The summed E-state index contributed by atoms with van der Waals surface area (Å²) in [6.45, 7) is 1.55. The highest BCUT2D eigenvalue weighted by molar-refractivity contribution is 6.00. The van der Waals surface area contributed by atoms with Gasteiger partial charge in [0.15, 0.2) is 11.6 Å². The van der Waals surface area contributed by atoms with Crippen LogP contribution in [-0.2, 0) is 16.9 Å². The van der Waals surface area contributed by atoms with Gasteiger partial charge in [-0.25, -0.2) is 4.68 Å². The quantitative estimate of drug-likeness (QED) is 0.194. The van der Waals surface area contributed by atoms with Gasteiger partial charge in [0.1, 0.15) is 5.75 Å². The molecule has 2 heterocycles. The Balaban J connectivity index is 1.41. The molecule has 0 saturated carbocycles. The van der Waals surface area contributed by atoms with Crippen molar-refractivity contribution in [2.24, 2.45) is 0 Å². The Kier molecular flexibility index (Phi) is 7.52. The number of ether oxygens (including phenoxy) is 1. The minimum atomic E-state index is -0.599. The van der Waals surface area contributed by atoms with Crippen molar-refractivity contribution in [2.75, 3.05) is 20.2 Å². The summed E-state index contributed by atoms with van der Waals surface area (Å²) in [4.78, 5) is 15.8. The average Bonchev–Trinajstić information content (AvgIpc) is 3.47. The number of carbonyl (C=O) groups excluding carboxylic acids is 1. The van der Waals surface area contributed by atoms with Crippen molar-refractivity contribution in [3.63, 3.8) is 0 Å². The molecule has 7 heteroatoms. The van der Waals surface area contributed by atoms with E-state index in [0.29, 0.717) is 37.5 Å². The summed E-state index contributed by atoms with van der Waals surface area (Å²) in [7, 11) is 1.65. The average molecular weight is 542 g/mol. The second kappa shape index (κ2) is 11.7. The van der Waals surface area contributed by atoms with E-state index in [4.69, 9.17) is 4.74 Å². The lowest BCUT2D eigenvalue weighted by molar-refractivity contribution is -0.117. The molecule has 0 unspecified atom stereocenters. The molecule has 41 heavy (non-hydrogen) atoms. The van der Waals surface area contributed by atoms with E-state index in [1.54, 1.807) is 11.8 Å². The molecule has 7 nitrogen and oxygen atoms in total. The van der Waals surface area contributed by atoms with Crippen molar-refractivity contribution in [3.8, 4) is 5.75 Å². The van der Waals surface area contributed by atoms with Gasteiger partial charge in [0.05, 0.1) is 19.2 Å². The highest BCUT2D eigenvalue weighted by atomic mass is 16.5. The van der Waals surface area contributed by atoms with Crippen LogP contribution in [0.15, 0.2) is 121 Å². The zero-order chi connectivity index (χ0) is 28.1. The fraction of sp³-hybridized carbons (Fsp3) is 0.176. The Labute approximate surface area is 239 Å². The van der Waals surface area contributed by atoms with Crippen molar-refractivity contribution in [3.05, 3.63) is 149 Å². The normalized spacial score (nSPS) is 15.2. The van der Waals surface area contributed by atoms with E-state index in [1.807, 2.05) is 48.5 Å². The molecule has 5 aromatic rings. The monoisotopic (exact) mass is 541 g/mol. The number of aromatic nitrogens is 4. The van der Waals surface area contributed by atoms with E-state index in [2.05, 4.69) is 93.2 Å². The van der Waals surface area contributed by atoms with Crippen LogP contribution in [-0.4, -0.2) is 51.1 Å². The van der Waals surface area contributed by atoms with E-state index >= 15 is 0 Å². The molecule has 0 N–H and O–H groups in total. The maximum Gasteiger partial charge on any atom is 0.175 e. The first kappa shape index (κ1) is 26.3. The molecular weight excluding hydrogens is 510 g/mol. The SMILES string of the molecule is COc1ccc(Cn2nnnc2/C=C2\CN(C(c3ccccc3)(c3ccccc3)c3ccccc3)CCC2=O)cc1. The third kappa shape index (κ3) is 5.19. The molecule has 1 aliphatic rings. The smallest absolute Gasteiger partial charge is 0.175 e. The Morgan fingerprint density at radius 2 is 1.37 bits per heavy atom. The molecule has 0 radical (unpaired) electrons. The predicted molar refractivity (Wildman–Crippen MR) is 158 cm³/mol. The van der Waals surface area contributed by atoms with Crippen molar-refractivity contribution in [2.45, 2.75) is 18.5 Å². The third-order valence-corrected chi connectivity index (χ3v) is 7.73. The lowest BCUT2D eigenvalue weighted by Crippen LogP contribution is -2.52. The molecule has 0 bridgehead atoms. The van der Waals surface area contributed by atoms with Crippen LogP contribution < -0.4 is 4.74 Å². The minimum absolute atomic E-state index is 0.114. The predicted octanol–water partition coefficient (Wildman–Crippen LogP) is 5.38. The number of carbonyl (C=O) groups is 1. The number of rotatable bonds is 8. The lowest BCUT2D eigenvalue weighted by atomic mass is 9.74. The fourth-order valence-electron chi connectivity index (χ4n) is 5.76. The van der Waals surface area contributed by atoms with Crippen LogP contribution >= 0.6 is 0 Å². The van der Waals surface area contributed by atoms with E-state index in [-0.39, 0.29) is 5.78 Å². The van der Waals surface area contributed by atoms with Crippen molar-refractivity contribution < 1.29 is 9.53 Å². The van der Waals surface area contributed by atoms with Crippen molar-refractivity contribution in [1.82, 2.24) is 25.1 Å². The van der Waals surface area contributed by atoms with E-state index < -0.39 is 5.54 Å². The van der Waals surface area contributed by atoms with Gasteiger partial charge in [-0.2, -0.15) is 0 Å². The number of methoxy groups -OCH3 is 1. The molecular formula is C34H31N5O2. The highest BCUT2D eigenvalue weighted by Crippen LogP contribution is 2.44. The molecule has 0 aliphatic carbocycles. The number of benzene rings is 4. The summed E-state index contributed by atoms with van der Waals surface area (Å²) in [5.41, 5.74) is 4.57. The number of piperidine rings is 1. The third-order valence-electron chi connectivity index (χ3n) is 7.73. The lowest BCUT2D eigenvalue weighted by Gasteiger charge is -2.47. The van der Waals surface area contributed by atoms with Crippen LogP contribution in [0.3, 0.4) is 0 Å². The van der Waals surface area contributed by atoms with Crippen molar-refractivity contribution >= 4 is 11.9 Å². The van der Waals surface area contributed by atoms with Crippen LogP contribution in [0.1, 0.15) is 34.5 Å². The van der Waals surface area contributed by atoms with Crippen LogP contribution in [0.2, 0.25) is 0 Å². The molecule has 1 saturated heterocycles. The zero-order valence-electron chi connectivity index (χ0n) is 22.9. The summed E-state index contributed by atoms with van der Waals surface area (Å²) in [5, 5.41) is 12.4. The summed E-state index contributed by atoms with van der Waals surface area (Å²) >= 11 is 0. The van der Waals surface area contributed by atoms with Gasteiger partial charge < -0.3 is 4.74 Å². The van der Waals surface area contributed by atoms with Crippen LogP contribution in [0.25, 0.3) is 6.08 Å². The first-order valence-corrected chi connectivity index (χ1v) is 13.7.